The first-order chi connectivity index (χ1) is 25.5. The van der Waals surface area contributed by atoms with Crippen LogP contribution in [0.25, 0.3) is 11.1 Å². The minimum atomic E-state index is -0.899. The summed E-state index contributed by atoms with van der Waals surface area (Å²) in [5.41, 5.74) is 7.15. The summed E-state index contributed by atoms with van der Waals surface area (Å²) >= 11 is 0. The second-order valence-corrected chi connectivity index (χ2v) is 11.9. The van der Waals surface area contributed by atoms with E-state index < -0.39 is 5.60 Å². The largest absolute Gasteiger partial charge is 0.497 e. The minimum absolute atomic E-state index is 0.00874. The molecule has 270 valence electrons. The molecule has 0 heterocycles. The number of aliphatic hydroxyl groups excluding tert-OH is 1. The van der Waals surface area contributed by atoms with Crippen molar-refractivity contribution in [2.75, 3.05) is 14.2 Å². The topological polar surface area (TPSA) is 57.2 Å². The summed E-state index contributed by atoms with van der Waals surface area (Å²) < 4.78 is 24.1. The fourth-order valence-corrected chi connectivity index (χ4v) is 5.86. The molecule has 0 atom stereocenters. The van der Waals surface area contributed by atoms with Crippen molar-refractivity contribution < 1.29 is 24.1 Å². The molecule has 0 spiro atoms. The van der Waals surface area contributed by atoms with Crippen LogP contribution >= 0.6 is 0 Å². The Bertz CT molecular complexity index is 1840. The Morgan fingerprint density at radius 1 is 0.500 bits per heavy atom. The lowest BCUT2D eigenvalue weighted by Crippen LogP contribution is -2.32. The van der Waals surface area contributed by atoms with Gasteiger partial charge in [0.05, 0.1) is 27.4 Å². The second kappa shape index (κ2) is 20.5. The highest BCUT2D eigenvalue weighted by atomic mass is 16.5. The molecular formula is C47H52O5. The van der Waals surface area contributed by atoms with E-state index in [9.17, 15) is 5.11 Å². The molecule has 5 heteroatoms. The van der Waals surface area contributed by atoms with Crippen molar-refractivity contribution in [3.8, 4) is 28.4 Å². The Kier molecular flexibility index (Phi) is 15.5. The van der Waals surface area contributed by atoms with Crippen LogP contribution in [0.15, 0.2) is 152 Å². The number of ether oxygens (including phenoxy) is 4. The molecule has 0 saturated heterocycles. The van der Waals surface area contributed by atoms with Gasteiger partial charge in [-0.1, -0.05) is 143 Å². The highest BCUT2D eigenvalue weighted by molar-refractivity contribution is 5.65. The van der Waals surface area contributed by atoms with E-state index in [0.717, 1.165) is 61.8 Å². The summed E-state index contributed by atoms with van der Waals surface area (Å²) in [7, 11) is 3.34. The molecule has 1 N–H and O–H groups in total. The first-order valence-electron chi connectivity index (χ1n) is 18.0. The molecule has 6 aromatic carbocycles. The van der Waals surface area contributed by atoms with Gasteiger partial charge in [-0.15, -0.1) is 0 Å². The second-order valence-electron chi connectivity index (χ2n) is 11.9. The number of methoxy groups -OCH3 is 2. The monoisotopic (exact) mass is 696 g/mol. The first-order valence-corrected chi connectivity index (χ1v) is 18.0. The lowest BCUT2D eigenvalue weighted by atomic mass is 9.80. The molecule has 0 radical (unpaired) electrons. The average Bonchev–Trinajstić information content (AvgIpc) is 3.22. The van der Waals surface area contributed by atoms with Crippen LogP contribution in [-0.4, -0.2) is 19.3 Å². The highest BCUT2D eigenvalue weighted by Crippen LogP contribution is 2.42. The molecule has 0 aromatic heterocycles. The lowest BCUT2D eigenvalue weighted by Gasteiger charge is -2.36. The van der Waals surface area contributed by atoms with Crippen LogP contribution in [0, 0.1) is 0 Å². The number of hydrogen-bond acceptors (Lipinski definition) is 5. The minimum Gasteiger partial charge on any atom is -0.497 e. The predicted molar refractivity (Wildman–Crippen MR) is 213 cm³/mol. The summed E-state index contributed by atoms with van der Waals surface area (Å²) in [6.45, 7) is 9.01. The fraction of sp³-hybridized carbons (Fsp3) is 0.234. The van der Waals surface area contributed by atoms with E-state index in [2.05, 4.69) is 86.6 Å². The molecule has 5 nitrogen and oxygen atoms in total. The van der Waals surface area contributed by atoms with Crippen molar-refractivity contribution in [1.82, 2.24) is 0 Å². The lowest BCUT2D eigenvalue weighted by molar-refractivity contribution is 0.000209. The quantitative estimate of drug-likeness (QED) is 0.122. The van der Waals surface area contributed by atoms with E-state index in [1.54, 1.807) is 14.2 Å². The molecule has 0 aliphatic heterocycles. The number of benzene rings is 6. The summed E-state index contributed by atoms with van der Waals surface area (Å²) in [5, 5.41) is 9.62. The maximum atomic E-state index is 9.62. The Hall–Kier alpha value is -5.36. The van der Waals surface area contributed by atoms with Crippen LogP contribution in [0.3, 0.4) is 0 Å². The highest BCUT2D eigenvalue weighted by Gasteiger charge is 2.38. The van der Waals surface area contributed by atoms with E-state index in [-0.39, 0.29) is 6.61 Å². The van der Waals surface area contributed by atoms with Crippen LogP contribution in [0.4, 0.5) is 0 Å². The molecule has 52 heavy (non-hydrogen) atoms. The van der Waals surface area contributed by atoms with Gasteiger partial charge in [-0.2, -0.15) is 0 Å². The van der Waals surface area contributed by atoms with Gasteiger partial charge in [0.1, 0.15) is 29.5 Å². The van der Waals surface area contributed by atoms with E-state index in [1.165, 1.54) is 6.42 Å². The maximum absolute atomic E-state index is 9.62. The zero-order valence-electron chi connectivity index (χ0n) is 31.3. The molecule has 0 amide bonds. The third kappa shape index (κ3) is 9.91. The summed E-state index contributed by atoms with van der Waals surface area (Å²) in [4.78, 5) is 0. The molecule has 0 aliphatic rings. The van der Waals surface area contributed by atoms with Gasteiger partial charge in [0, 0.05) is 0 Å². The molecule has 0 bridgehead atoms. The van der Waals surface area contributed by atoms with Crippen molar-refractivity contribution in [3.05, 3.63) is 185 Å². The molecular weight excluding hydrogens is 645 g/mol. The molecule has 6 rings (SSSR count). The Morgan fingerprint density at radius 3 is 1.54 bits per heavy atom. The Balaban J connectivity index is 0.00000115. The SMILES string of the molecule is CC.CCC.COc1ccc(C(OCc2cccc(-c3ccc(OCc4ccccc4CO)cc3)c2)(c2ccccc2)c2ccc(OC)cc2)cc1. The van der Waals surface area contributed by atoms with Crippen LogP contribution < -0.4 is 14.2 Å². The number of hydrogen-bond donors (Lipinski definition) is 1. The van der Waals surface area contributed by atoms with Crippen molar-refractivity contribution in [2.24, 2.45) is 0 Å². The van der Waals surface area contributed by atoms with Gasteiger partial charge < -0.3 is 24.1 Å². The van der Waals surface area contributed by atoms with Crippen LogP contribution in [0.1, 0.15) is 67.5 Å². The molecule has 0 aliphatic carbocycles. The average molecular weight is 697 g/mol. The molecule has 6 aromatic rings. The van der Waals surface area contributed by atoms with E-state index in [0.29, 0.717) is 13.2 Å². The van der Waals surface area contributed by atoms with Gasteiger partial charge in [-0.3, -0.25) is 0 Å². The van der Waals surface area contributed by atoms with E-state index >= 15 is 0 Å². The summed E-state index contributed by atoms with van der Waals surface area (Å²) in [6.07, 6.45) is 1.25. The van der Waals surface area contributed by atoms with Gasteiger partial charge in [-0.05, 0) is 87.0 Å². The predicted octanol–water partition coefficient (Wildman–Crippen LogP) is 11.4. The van der Waals surface area contributed by atoms with Crippen LogP contribution in [0.2, 0.25) is 0 Å². The Morgan fingerprint density at radius 2 is 1.00 bits per heavy atom. The van der Waals surface area contributed by atoms with Crippen molar-refractivity contribution >= 4 is 0 Å². The number of aliphatic hydroxyl groups is 1. The third-order valence-corrected chi connectivity index (χ3v) is 8.43. The standard InChI is InChI=1S/C42H38O5.C3H8.C2H6/c1-44-39-23-17-37(18-24-39)42(36-13-4-3-5-14-36,38-19-25-40(45-2)26-20-38)47-29-31-9-8-12-33(27-31)32-15-21-41(22-16-32)46-30-35-11-7-6-10-34(35)28-43;1-3-2;1-2/h3-27,43H,28-30H2,1-2H3;3H2,1-2H3;1-2H3. The van der Waals surface area contributed by atoms with Crippen molar-refractivity contribution in [2.45, 2.75) is 59.5 Å². The van der Waals surface area contributed by atoms with Crippen molar-refractivity contribution in [3.63, 3.8) is 0 Å². The van der Waals surface area contributed by atoms with Gasteiger partial charge in [0.15, 0.2) is 0 Å². The summed E-state index contributed by atoms with van der Waals surface area (Å²) in [5.74, 6) is 2.33. The Labute approximate surface area is 310 Å². The zero-order chi connectivity index (χ0) is 37.2. The van der Waals surface area contributed by atoms with Gasteiger partial charge in [0.2, 0.25) is 0 Å². The van der Waals surface area contributed by atoms with Crippen molar-refractivity contribution in [1.29, 1.82) is 0 Å². The smallest absolute Gasteiger partial charge is 0.144 e. The molecule has 0 fully saturated rings. The van der Waals surface area contributed by atoms with E-state index in [1.807, 2.05) is 92.7 Å². The van der Waals surface area contributed by atoms with Gasteiger partial charge in [0.25, 0.3) is 0 Å². The van der Waals surface area contributed by atoms with Crippen LogP contribution in [-0.2, 0) is 30.2 Å². The summed E-state index contributed by atoms with van der Waals surface area (Å²) in [6, 6.07) is 50.8. The van der Waals surface area contributed by atoms with Gasteiger partial charge in [-0.25, -0.2) is 0 Å². The van der Waals surface area contributed by atoms with Crippen LogP contribution in [0.5, 0.6) is 17.2 Å². The third-order valence-electron chi connectivity index (χ3n) is 8.43. The normalized spacial score (nSPS) is 10.6. The molecule has 0 saturated carbocycles. The zero-order valence-corrected chi connectivity index (χ0v) is 31.3. The number of rotatable bonds is 13. The first kappa shape index (κ1) is 39.4. The van der Waals surface area contributed by atoms with Gasteiger partial charge >= 0.3 is 0 Å². The fourth-order valence-electron chi connectivity index (χ4n) is 5.86. The van der Waals surface area contributed by atoms with E-state index in [4.69, 9.17) is 18.9 Å². The maximum Gasteiger partial charge on any atom is 0.144 e. The molecule has 0 unspecified atom stereocenters.